The molecule has 2 aromatic carbocycles. The predicted octanol–water partition coefficient (Wildman–Crippen LogP) is 5.20. The van der Waals surface area contributed by atoms with Crippen molar-refractivity contribution in [1.82, 2.24) is 0 Å². The lowest BCUT2D eigenvalue weighted by Gasteiger charge is -2.43. The van der Waals surface area contributed by atoms with Crippen LogP contribution in [0.1, 0.15) is 54.9 Å². The molecule has 0 aromatic heterocycles. The summed E-state index contributed by atoms with van der Waals surface area (Å²) in [5.41, 5.74) is 2.42. The lowest BCUT2D eigenvalue weighted by molar-refractivity contribution is -0.121. The highest BCUT2D eigenvalue weighted by molar-refractivity contribution is 6.30. The van der Waals surface area contributed by atoms with Gasteiger partial charge in [0.05, 0.1) is 5.56 Å². The van der Waals surface area contributed by atoms with E-state index in [1.165, 1.54) is 12.1 Å². The maximum atomic E-state index is 13.3. The van der Waals surface area contributed by atoms with Gasteiger partial charge in [-0.05, 0) is 47.7 Å². The Morgan fingerprint density at radius 2 is 1.83 bits per heavy atom. The molecule has 1 unspecified atom stereocenters. The molecular formula is C24H22ClNO4. The van der Waals surface area contributed by atoms with Gasteiger partial charge in [0.15, 0.2) is 5.78 Å². The summed E-state index contributed by atoms with van der Waals surface area (Å²) < 4.78 is 0. The van der Waals surface area contributed by atoms with Crippen LogP contribution in [0.4, 0.5) is 5.69 Å². The third kappa shape index (κ3) is 3.65. The largest absolute Gasteiger partial charge is 0.478 e. The van der Waals surface area contributed by atoms with Crippen molar-refractivity contribution in [1.29, 1.82) is 0 Å². The molecular weight excluding hydrogens is 402 g/mol. The molecule has 1 heterocycles. The Balaban J connectivity index is 1.90. The van der Waals surface area contributed by atoms with E-state index in [0.29, 0.717) is 34.8 Å². The average molecular weight is 424 g/mol. The van der Waals surface area contributed by atoms with Crippen molar-refractivity contribution in [3.63, 3.8) is 0 Å². The van der Waals surface area contributed by atoms with Gasteiger partial charge in [-0.25, -0.2) is 4.79 Å². The number of hydrogen-bond acceptors (Lipinski definition) is 3. The summed E-state index contributed by atoms with van der Waals surface area (Å²) >= 11 is 6.18. The zero-order chi connectivity index (χ0) is 21.6. The minimum Gasteiger partial charge on any atom is -0.478 e. The number of amides is 1. The van der Waals surface area contributed by atoms with Crippen LogP contribution in [0.2, 0.25) is 5.02 Å². The van der Waals surface area contributed by atoms with Crippen LogP contribution in [0.3, 0.4) is 0 Å². The molecule has 1 aliphatic carbocycles. The number of halogens is 1. The number of rotatable bonds is 3. The molecule has 6 heteroatoms. The zero-order valence-corrected chi connectivity index (χ0v) is 17.6. The molecule has 30 heavy (non-hydrogen) atoms. The first-order valence-electron chi connectivity index (χ1n) is 9.84. The average Bonchev–Trinajstić information content (AvgIpc) is 2.66. The molecule has 1 amide bonds. The number of carbonyl (C=O) groups is 3. The van der Waals surface area contributed by atoms with Gasteiger partial charge in [-0.1, -0.05) is 43.6 Å². The third-order valence-electron chi connectivity index (χ3n) is 5.75. The topological polar surface area (TPSA) is 74.7 Å². The van der Waals surface area contributed by atoms with Gasteiger partial charge in [-0.15, -0.1) is 0 Å². The lowest BCUT2D eigenvalue weighted by Crippen LogP contribution is -2.43. The van der Waals surface area contributed by atoms with Gasteiger partial charge in [-0.2, -0.15) is 0 Å². The summed E-state index contributed by atoms with van der Waals surface area (Å²) in [4.78, 5) is 39.6. The number of ketones is 1. The fraction of sp³-hybridized carbons (Fsp3) is 0.292. The van der Waals surface area contributed by atoms with E-state index < -0.39 is 5.97 Å². The van der Waals surface area contributed by atoms with Crippen molar-refractivity contribution in [3.05, 3.63) is 76.0 Å². The number of Topliss-reactive ketones (excluding diaryl/α,β-unsaturated/α-hetero) is 1. The van der Waals surface area contributed by atoms with Gasteiger partial charge in [0.25, 0.3) is 0 Å². The van der Waals surface area contributed by atoms with Crippen LogP contribution in [0, 0.1) is 5.41 Å². The van der Waals surface area contributed by atoms with Crippen LogP contribution >= 0.6 is 11.6 Å². The Labute approximate surface area is 180 Å². The Morgan fingerprint density at radius 1 is 1.10 bits per heavy atom. The highest BCUT2D eigenvalue weighted by atomic mass is 35.5. The van der Waals surface area contributed by atoms with E-state index in [1.807, 2.05) is 26.0 Å². The number of anilines is 1. The van der Waals surface area contributed by atoms with E-state index >= 15 is 0 Å². The van der Waals surface area contributed by atoms with E-state index in [0.717, 1.165) is 5.56 Å². The van der Waals surface area contributed by atoms with Crippen molar-refractivity contribution < 1.29 is 19.5 Å². The first kappa shape index (κ1) is 20.4. The summed E-state index contributed by atoms with van der Waals surface area (Å²) in [7, 11) is 0. The van der Waals surface area contributed by atoms with Gasteiger partial charge in [0.1, 0.15) is 0 Å². The van der Waals surface area contributed by atoms with Crippen molar-refractivity contribution in [2.75, 3.05) is 4.90 Å². The van der Waals surface area contributed by atoms with E-state index in [4.69, 9.17) is 11.6 Å². The molecule has 0 bridgehead atoms. The van der Waals surface area contributed by atoms with E-state index in [2.05, 4.69) is 0 Å². The third-order valence-corrected chi connectivity index (χ3v) is 5.98. The van der Waals surface area contributed by atoms with E-state index in [-0.39, 0.29) is 35.0 Å². The molecule has 154 valence electrons. The Bertz CT molecular complexity index is 1100. The number of carboxylic acids is 1. The van der Waals surface area contributed by atoms with Gasteiger partial charge in [0, 0.05) is 40.7 Å². The van der Waals surface area contributed by atoms with Crippen molar-refractivity contribution >= 4 is 34.9 Å². The molecule has 1 aliphatic heterocycles. The highest BCUT2D eigenvalue weighted by Crippen LogP contribution is 2.48. The molecule has 2 aromatic rings. The van der Waals surface area contributed by atoms with Crippen LogP contribution in [-0.2, 0) is 9.59 Å². The standard InChI is InChI=1S/C24H22ClNO4/c1-24(2)12-19-22(20(27)13-24)18(14-5-3-7-16(25)9-14)11-21(28)26(19)17-8-4-6-15(10-17)23(29)30/h3-10,18H,11-13H2,1-2H3,(H,29,30). The monoisotopic (exact) mass is 423 g/mol. The summed E-state index contributed by atoms with van der Waals surface area (Å²) in [5, 5.41) is 9.92. The predicted molar refractivity (Wildman–Crippen MR) is 115 cm³/mol. The minimum atomic E-state index is -1.06. The Hall–Kier alpha value is -2.92. The van der Waals surface area contributed by atoms with Crippen LogP contribution in [0.15, 0.2) is 59.8 Å². The quantitative estimate of drug-likeness (QED) is 0.736. The SMILES string of the molecule is CC1(C)CC(=O)C2=C(C1)N(c1cccc(C(=O)O)c1)C(=O)CC2c1cccc(Cl)c1. The Kier molecular flexibility index (Phi) is 5.02. The first-order chi connectivity index (χ1) is 14.2. The molecule has 5 nitrogen and oxygen atoms in total. The van der Waals surface area contributed by atoms with Crippen molar-refractivity contribution in [2.45, 2.75) is 39.0 Å². The molecule has 1 atom stereocenters. The number of carbonyl (C=O) groups excluding carboxylic acids is 2. The number of hydrogen-bond donors (Lipinski definition) is 1. The molecule has 4 rings (SSSR count). The summed E-state index contributed by atoms with van der Waals surface area (Å²) in [6.07, 6.45) is 1.08. The highest BCUT2D eigenvalue weighted by Gasteiger charge is 2.44. The Morgan fingerprint density at radius 3 is 2.53 bits per heavy atom. The fourth-order valence-corrected chi connectivity index (χ4v) is 4.70. The van der Waals surface area contributed by atoms with E-state index in [9.17, 15) is 19.5 Å². The second-order valence-corrected chi connectivity index (χ2v) is 9.13. The van der Waals surface area contributed by atoms with Crippen LogP contribution in [-0.4, -0.2) is 22.8 Å². The number of benzene rings is 2. The zero-order valence-electron chi connectivity index (χ0n) is 16.8. The number of carboxylic acid groups (broad SMARTS) is 1. The second-order valence-electron chi connectivity index (χ2n) is 8.70. The summed E-state index contributed by atoms with van der Waals surface area (Å²) in [5.74, 6) is -1.55. The van der Waals surface area contributed by atoms with Crippen LogP contribution in [0.25, 0.3) is 0 Å². The summed E-state index contributed by atoms with van der Waals surface area (Å²) in [6.45, 7) is 4.02. The van der Waals surface area contributed by atoms with Gasteiger partial charge in [0.2, 0.25) is 5.91 Å². The van der Waals surface area contributed by atoms with Gasteiger partial charge < -0.3 is 5.11 Å². The van der Waals surface area contributed by atoms with Crippen LogP contribution < -0.4 is 4.90 Å². The molecule has 2 aliphatic rings. The number of allylic oxidation sites excluding steroid dienone is 2. The molecule has 0 fully saturated rings. The second kappa shape index (κ2) is 7.40. The lowest BCUT2D eigenvalue weighted by atomic mass is 9.69. The van der Waals surface area contributed by atoms with E-state index in [1.54, 1.807) is 29.2 Å². The van der Waals surface area contributed by atoms with Gasteiger partial charge in [-0.3, -0.25) is 14.5 Å². The molecule has 0 radical (unpaired) electrons. The summed E-state index contributed by atoms with van der Waals surface area (Å²) in [6, 6.07) is 13.6. The molecule has 0 saturated carbocycles. The van der Waals surface area contributed by atoms with Gasteiger partial charge >= 0.3 is 5.97 Å². The maximum absolute atomic E-state index is 13.3. The number of nitrogens with zero attached hydrogens (tertiary/aromatic N) is 1. The first-order valence-corrected chi connectivity index (χ1v) is 10.2. The molecule has 0 saturated heterocycles. The van der Waals surface area contributed by atoms with Crippen LogP contribution in [0.5, 0.6) is 0 Å². The van der Waals surface area contributed by atoms with Crippen molar-refractivity contribution in [2.24, 2.45) is 5.41 Å². The fourth-order valence-electron chi connectivity index (χ4n) is 4.50. The maximum Gasteiger partial charge on any atom is 0.335 e. The normalized spacial score (nSPS) is 20.9. The number of aromatic carboxylic acids is 1. The molecule has 1 N–H and O–H groups in total. The minimum absolute atomic E-state index is 0.0260. The molecule has 0 spiro atoms. The smallest absolute Gasteiger partial charge is 0.335 e. The van der Waals surface area contributed by atoms with Crippen molar-refractivity contribution in [3.8, 4) is 0 Å².